The molecule has 2 nitrogen and oxygen atoms in total. The van der Waals surface area contributed by atoms with Gasteiger partial charge in [-0.15, -0.1) is 0 Å². The van der Waals surface area contributed by atoms with Crippen LogP contribution in [-0.4, -0.2) is 30.4 Å². The molecule has 0 bridgehead atoms. The van der Waals surface area contributed by atoms with Gasteiger partial charge < -0.3 is 4.90 Å². The van der Waals surface area contributed by atoms with Crippen molar-refractivity contribution in [3.8, 4) is 0 Å². The topological polar surface area (TPSA) is 15.6 Å². The van der Waals surface area contributed by atoms with Crippen LogP contribution in [0.2, 0.25) is 0 Å². The first-order valence-corrected chi connectivity index (χ1v) is 6.21. The van der Waals surface area contributed by atoms with E-state index in [9.17, 15) is 0 Å². The Morgan fingerprint density at radius 1 is 1.29 bits per heavy atom. The Hall–Kier alpha value is -0.530. The van der Waals surface area contributed by atoms with E-state index >= 15 is 0 Å². The van der Waals surface area contributed by atoms with Crippen LogP contribution in [0, 0.1) is 5.92 Å². The maximum Gasteiger partial charge on any atom is 0.102 e. The lowest BCUT2D eigenvalue weighted by atomic mass is 9.96. The maximum absolute atomic E-state index is 4.75. The third-order valence-corrected chi connectivity index (χ3v) is 3.42. The van der Waals surface area contributed by atoms with Gasteiger partial charge in [-0.05, 0) is 25.7 Å². The SMILES string of the molecule is CCCC1CCCCN2CCCN=C12. The summed E-state index contributed by atoms with van der Waals surface area (Å²) < 4.78 is 0. The van der Waals surface area contributed by atoms with Crippen molar-refractivity contribution in [3.05, 3.63) is 0 Å². The van der Waals surface area contributed by atoms with Crippen molar-refractivity contribution in [1.29, 1.82) is 0 Å². The molecule has 2 aliphatic heterocycles. The summed E-state index contributed by atoms with van der Waals surface area (Å²) >= 11 is 0. The minimum atomic E-state index is 0.780. The lowest BCUT2D eigenvalue weighted by Gasteiger charge is -2.31. The van der Waals surface area contributed by atoms with Crippen molar-refractivity contribution in [1.82, 2.24) is 4.90 Å². The molecule has 0 saturated carbocycles. The fraction of sp³-hybridized carbons (Fsp3) is 0.917. The molecular formula is C12H22N2. The predicted octanol–water partition coefficient (Wildman–Crippen LogP) is 2.69. The van der Waals surface area contributed by atoms with Gasteiger partial charge in [-0.2, -0.15) is 0 Å². The highest BCUT2D eigenvalue weighted by atomic mass is 15.2. The summed E-state index contributed by atoms with van der Waals surface area (Å²) in [7, 11) is 0. The van der Waals surface area contributed by atoms with E-state index in [2.05, 4.69) is 11.8 Å². The molecule has 2 rings (SSSR count). The molecule has 1 atom stereocenters. The zero-order valence-electron chi connectivity index (χ0n) is 9.34. The summed E-state index contributed by atoms with van der Waals surface area (Å²) in [5.41, 5.74) is 0. The molecule has 0 radical (unpaired) electrons. The van der Waals surface area contributed by atoms with Crippen LogP contribution >= 0.6 is 0 Å². The van der Waals surface area contributed by atoms with E-state index in [0.717, 1.165) is 12.5 Å². The van der Waals surface area contributed by atoms with E-state index in [-0.39, 0.29) is 0 Å². The molecule has 2 heteroatoms. The quantitative estimate of drug-likeness (QED) is 0.660. The number of rotatable bonds is 2. The molecule has 0 spiro atoms. The van der Waals surface area contributed by atoms with Crippen molar-refractivity contribution < 1.29 is 0 Å². The van der Waals surface area contributed by atoms with Crippen molar-refractivity contribution in [2.45, 2.75) is 45.4 Å². The number of amidine groups is 1. The van der Waals surface area contributed by atoms with Gasteiger partial charge in [0.05, 0.1) is 0 Å². The Balaban J connectivity index is 2.09. The first kappa shape index (κ1) is 10.0. The van der Waals surface area contributed by atoms with Gasteiger partial charge in [0.1, 0.15) is 5.84 Å². The Morgan fingerprint density at radius 3 is 3.00 bits per heavy atom. The lowest BCUT2D eigenvalue weighted by molar-refractivity contribution is 0.380. The Labute approximate surface area is 87.4 Å². The predicted molar refractivity (Wildman–Crippen MR) is 60.7 cm³/mol. The number of nitrogens with zero attached hydrogens (tertiary/aromatic N) is 2. The molecule has 0 N–H and O–H groups in total. The Bertz CT molecular complexity index is 210. The first-order valence-electron chi connectivity index (χ1n) is 6.21. The highest BCUT2D eigenvalue weighted by Crippen LogP contribution is 2.24. The van der Waals surface area contributed by atoms with Gasteiger partial charge in [0.25, 0.3) is 0 Å². The van der Waals surface area contributed by atoms with Gasteiger partial charge in [-0.25, -0.2) is 0 Å². The van der Waals surface area contributed by atoms with E-state index in [1.807, 2.05) is 0 Å². The summed E-state index contributed by atoms with van der Waals surface area (Å²) in [6, 6.07) is 0. The normalized spacial score (nSPS) is 27.9. The van der Waals surface area contributed by atoms with Crippen LogP contribution in [0.15, 0.2) is 4.99 Å². The molecule has 2 heterocycles. The third-order valence-electron chi connectivity index (χ3n) is 3.42. The van der Waals surface area contributed by atoms with Gasteiger partial charge in [-0.1, -0.05) is 19.8 Å². The first-order chi connectivity index (χ1) is 6.92. The summed E-state index contributed by atoms with van der Waals surface area (Å²) in [6.07, 6.45) is 8.07. The largest absolute Gasteiger partial charge is 0.360 e. The van der Waals surface area contributed by atoms with Crippen molar-refractivity contribution in [3.63, 3.8) is 0 Å². The van der Waals surface area contributed by atoms with E-state index in [4.69, 9.17) is 4.99 Å². The second-order valence-electron chi connectivity index (χ2n) is 4.56. The van der Waals surface area contributed by atoms with Gasteiger partial charge in [0.2, 0.25) is 0 Å². The molecule has 0 aliphatic carbocycles. The minimum absolute atomic E-state index is 0.780. The molecule has 1 saturated heterocycles. The van der Waals surface area contributed by atoms with Crippen LogP contribution in [0.25, 0.3) is 0 Å². The van der Waals surface area contributed by atoms with Crippen LogP contribution in [0.1, 0.15) is 45.4 Å². The van der Waals surface area contributed by atoms with Crippen molar-refractivity contribution in [2.24, 2.45) is 10.9 Å². The summed E-state index contributed by atoms with van der Waals surface area (Å²) in [6.45, 7) is 5.89. The van der Waals surface area contributed by atoms with Gasteiger partial charge in [0.15, 0.2) is 0 Å². The van der Waals surface area contributed by atoms with Crippen LogP contribution in [0.3, 0.4) is 0 Å². The molecule has 0 aromatic carbocycles. The lowest BCUT2D eigenvalue weighted by Crippen LogP contribution is -2.39. The molecule has 0 aromatic rings. The maximum atomic E-state index is 4.75. The van der Waals surface area contributed by atoms with E-state index in [0.29, 0.717) is 0 Å². The monoisotopic (exact) mass is 194 g/mol. The zero-order valence-corrected chi connectivity index (χ0v) is 9.34. The minimum Gasteiger partial charge on any atom is -0.360 e. The van der Waals surface area contributed by atoms with E-state index in [1.54, 1.807) is 0 Å². The Kier molecular flexibility index (Phi) is 3.44. The van der Waals surface area contributed by atoms with E-state index < -0.39 is 0 Å². The number of hydrogen-bond acceptors (Lipinski definition) is 2. The van der Waals surface area contributed by atoms with Crippen LogP contribution in [0.4, 0.5) is 0 Å². The molecule has 1 unspecified atom stereocenters. The molecular weight excluding hydrogens is 172 g/mol. The van der Waals surface area contributed by atoms with E-state index in [1.165, 1.54) is 57.5 Å². The summed E-state index contributed by atoms with van der Waals surface area (Å²) in [4.78, 5) is 7.31. The highest BCUT2D eigenvalue weighted by molar-refractivity contribution is 5.85. The summed E-state index contributed by atoms with van der Waals surface area (Å²) in [5.74, 6) is 2.23. The Morgan fingerprint density at radius 2 is 2.14 bits per heavy atom. The summed E-state index contributed by atoms with van der Waals surface area (Å²) in [5, 5.41) is 0. The van der Waals surface area contributed by atoms with Crippen LogP contribution in [-0.2, 0) is 0 Å². The fourth-order valence-corrected chi connectivity index (χ4v) is 2.73. The standard InChI is InChI=1S/C12H22N2/c1-2-6-11-7-3-4-9-14-10-5-8-13-12(11)14/h11H,2-10H2,1H3. The van der Waals surface area contributed by atoms with Gasteiger partial charge in [0, 0.05) is 25.6 Å². The van der Waals surface area contributed by atoms with Gasteiger partial charge in [-0.3, -0.25) is 4.99 Å². The third kappa shape index (κ3) is 2.10. The number of aliphatic imine (C=N–C) groups is 1. The second-order valence-corrected chi connectivity index (χ2v) is 4.56. The van der Waals surface area contributed by atoms with Gasteiger partial charge >= 0.3 is 0 Å². The van der Waals surface area contributed by atoms with Crippen molar-refractivity contribution >= 4 is 5.84 Å². The van der Waals surface area contributed by atoms with Crippen LogP contribution in [0.5, 0.6) is 0 Å². The van der Waals surface area contributed by atoms with Crippen LogP contribution < -0.4 is 0 Å². The molecule has 14 heavy (non-hydrogen) atoms. The average Bonchev–Trinajstić information content (AvgIpc) is 2.42. The highest BCUT2D eigenvalue weighted by Gasteiger charge is 2.25. The molecule has 0 amide bonds. The number of fused-ring (bicyclic) bond motifs is 1. The fourth-order valence-electron chi connectivity index (χ4n) is 2.73. The molecule has 0 aromatic heterocycles. The molecule has 80 valence electrons. The average molecular weight is 194 g/mol. The van der Waals surface area contributed by atoms with Crippen molar-refractivity contribution in [2.75, 3.05) is 19.6 Å². The molecule has 1 fully saturated rings. The zero-order chi connectivity index (χ0) is 9.80. The number of hydrogen-bond donors (Lipinski definition) is 0. The second kappa shape index (κ2) is 4.81. The molecule has 2 aliphatic rings. The smallest absolute Gasteiger partial charge is 0.102 e.